The summed E-state index contributed by atoms with van der Waals surface area (Å²) in [5.74, 6) is -7.84. The molecule has 0 saturated carbocycles. The Kier molecular flexibility index (Phi) is 19.5. The van der Waals surface area contributed by atoms with Gasteiger partial charge in [-0.3, -0.25) is 33.6 Å². The zero-order valence-electron chi connectivity index (χ0n) is 47.8. The number of rotatable bonds is 14. The molecule has 7 amide bonds. The van der Waals surface area contributed by atoms with E-state index in [2.05, 4.69) is 54.7 Å². The van der Waals surface area contributed by atoms with E-state index >= 15 is 0 Å². The lowest BCUT2D eigenvalue weighted by Gasteiger charge is -2.28. The number of aryl methyl sites for hydroxylation is 1. The molecule has 0 spiro atoms. The fraction of sp³-hybridized carbons (Fsp3) is 0.203. The maximum atomic E-state index is 14.8. The van der Waals surface area contributed by atoms with E-state index in [4.69, 9.17) is 30.8 Å². The van der Waals surface area contributed by atoms with Crippen molar-refractivity contribution in [1.82, 2.24) is 66.8 Å². The number of pyridine rings is 1. The highest BCUT2D eigenvalue weighted by Gasteiger charge is 2.35. The number of hydrogen-bond donors (Lipinski definition) is 11. The van der Waals surface area contributed by atoms with Crippen molar-refractivity contribution < 1.29 is 58.8 Å². The number of nitrogens with one attached hydrogen (secondary N) is 6. The molecule has 0 aliphatic carbocycles. The van der Waals surface area contributed by atoms with Gasteiger partial charge in [-0.1, -0.05) is 62.5 Å². The van der Waals surface area contributed by atoms with Crippen LogP contribution in [0.5, 0.6) is 5.75 Å². The largest absolute Gasteiger partial charge is 0.508 e. The van der Waals surface area contributed by atoms with Crippen molar-refractivity contribution in [3.05, 3.63) is 172 Å². The van der Waals surface area contributed by atoms with E-state index in [0.29, 0.717) is 43.0 Å². The van der Waals surface area contributed by atoms with Crippen molar-refractivity contribution in [2.75, 3.05) is 0 Å². The van der Waals surface area contributed by atoms with E-state index in [1.807, 2.05) is 5.32 Å². The first-order valence-electron chi connectivity index (χ1n) is 27.2. The highest BCUT2D eigenvalue weighted by atomic mass is 32.1. The highest BCUT2D eigenvalue weighted by molar-refractivity contribution is 7.15. The average Bonchev–Trinajstić information content (AvgIpc) is 1.72. The van der Waals surface area contributed by atoms with Gasteiger partial charge >= 0.3 is 5.97 Å². The highest BCUT2D eigenvalue weighted by Crippen LogP contribution is 2.40. The molecule has 466 valence electrons. The number of aliphatic hydroxyl groups excluding tert-OH is 2. The maximum absolute atomic E-state index is 14.8. The summed E-state index contributed by atoms with van der Waals surface area (Å²) < 4.78 is 0. The Morgan fingerprint density at radius 2 is 1.23 bits per heavy atom. The molecule has 7 atom stereocenters. The minimum Gasteiger partial charge on any atom is -0.508 e. The van der Waals surface area contributed by atoms with E-state index in [1.54, 1.807) is 86.1 Å². The van der Waals surface area contributed by atoms with Crippen LogP contribution in [0, 0.1) is 12.8 Å². The number of aromatic hydroxyl groups is 1. The van der Waals surface area contributed by atoms with Crippen molar-refractivity contribution in [2.45, 2.75) is 70.0 Å². The van der Waals surface area contributed by atoms with E-state index in [9.17, 15) is 53.7 Å². The Morgan fingerprint density at radius 3 is 1.93 bits per heavy atom. The first-order chi connectivity index (χ1) is 43.5. The van der Waals surface area contributed by atoms with Crippen LogP contribution >= 0.6 is 68.0 Å². The third kappa shape index (κ3) is 14.8. The second-order valence-electron chi connectivity index (χ2n) is 20.5. The Hall–Kier alpha value is -9.67. The van der Waals surface area contributed by atoms with Gasteiger partial charge in [0.15, 0.2) is 0 Å². The minimum absolute atomic E-state index is 0.0301. The number of thiazole rings is 6. The molecular weight excluding hydrogens is 1290 g/mol. The van der Waals surface area contributed by atoms with Crippen LogP contribution in [0.25, 0.3) is 43.4 Å². The lowest BCUT2D eigenvalue weighted by molar-refractivity contribution is -0.134. The lowest BCUT2D eigenvalue weighted by Crippen LogP contribution is -2.50. The number of primary amides is 1. The summed E-state index contributed by atoms with van der Waals surface area (Å²) in [5, 5.41) is 67.4. The molecule has 10 bridgehead atoms. The molecule has 0 radical (unpaired) electrons. The van der Waals surface area contributed by atoms with Crippen LogP contribution in [0.2, 0.25) is 0 Å². The number of amides is 7. The van der Waals surface area contributed by atoms with Crippen LogP contribution in [-0.2, 0) is 25.6 Å². The molecule has 8 heterocycles. The molecule has 0 fully saturated rings. The molecule has 0 saturated heterocycles. The number of phenols is 1. The number of fused-ring (bicyclic) bond motifs is 14. The first kappa shape index (κ1) is 64.3. The molecule has 7 aromatic heterocycles. The molecule has 10 rings (SSSR count). The number of carbonyl (C=O) groups excluding carboxylic acids is 7. The van der Waals surface area contributed by atoms with Crippen molar-refractivity contribution in [2.24, 2.45) is 11.7 Å². The quantitative estimate of drug-likeness (QED) is 0.0515. The van der Waals surface area contributed by atoms with Gasteiger partial charge in [-0.25, -0.2) is 39.7 Å². The zero-order valence-corrected chi connectivity index (χ0v) is 52.7. The predicted octanol–water partition coefficient (Wildman–Crippen LogP) is 6.54. The van der Waals surface area contributed by atoms with Gasteiger partial charge in [0.1, 0.15) is 99.5 Å². The van der Waals surface area contributed by atoms with Gasteiger partial charge in [0.05, 0.1) is 36.0 Å². The van der Waals surface area contributed by atoms with Gasteiger partial charge in [-0.15, -0.1) is 68.0 Å². The average molecular weight is 1340 g/mol. The third-order valence-electron chi connectivity index (χ3n) is 14.0. The van der Waals surface area contributed by atoms with Gasteiger partial charge < -0.3 is 58.1 Å². The molecule has 91 heavy (non-hydrogen) atoms. The SMILES string of the molecule is C=C(NC(=O)C(=C)NC(=O)c1csc(-c2ccc3c(n2)-c2csc(n2)-c2csc(n2)C(C(C)C(C)O)NC(=O)C(Cc2ccc(O)cc2)NC(=O)c2csc(n2)C(C(O)c2ccccc2)NC(=O)c2nc(sc2C)C(CC(N)=O)NC(=O)c2csc-3n2)n1)C(=O)O. The summed E-state index contributed by atoms with van der Waals surface area (Å²) in [6.45, 7) is 11.7. The number of carboxylic acids is 1. The number of nitrogens with zero attached hydrogens (tertiary/aromatic N) is 7. The lowest BCUT2D eigenvalue weighted by atomic mass is 9.96. The van der Waals surface area contributed by atoms with Crippen LogP contribution < -0.4 is 37.6 Å². The molecule has 32 heteroatoms. The number of phenolic OH excluding ortho intramolecular Hbond substituents is 1. The number of aliphatic carboxylic acids is 1. The second kappa shape index (κ2) is 27.6. The number of aromatic nitrogens is 7. The van der Waals surface area contributed by atoms with Gasteiger partial charge in [0, 0.05) is 49.7 Å². The fourth-order valence-electron chi connectivity index (χ4n) is 9.03. The Bertz CT molecular complexity index is 4330. The fourth-order valence-corrected chi connectivity index (χ4v) is 14.3. The van der Waals surface area contributed by atoms with Crippen molar-refractivity contribution in [3.8, 4) is 49.1 Å². The van der Waals surface area contributed by atoms with Gasteiger partial charge in [-0.05, 0) is 49.2 Å². The number of aliphatic hydroxyl groups is 2. The molecule has 7 unspecified atom stereocenters. The topological polar surface area (TPSA) is 406 Å². The summed E-state index contributed by atoms with van der Waals surface area (Å²) in [5.41, 5.74) is 6.63. The zero-order chi connectivity index (χ0) is 64.9. The van der Waals surface area contributed by atoms with Crippen LogP contribution in [0.3, 0.4) is 0 Å². The monoisotopic (exact) mass is 1340 g/mol. The van der Waals surface area contributed by atoms with Crippen molar-refractivity contribution >= 4 is 115 Å². The summed E-state index contributed by atoms with van der Waals surface area (Å²) in [6, 6.07) is 13.0. The number of benzene rings is 2. The number of nitrogens with two attached hydrogens (primary N) is 1. The summed E-state index contributed by atoms with van der Waals surface area (Å²) in [4.78, 5) is 141. The smallest absolute Gasteiger partial charge is 0.351 e. The molecule has 2 aromatic carbocycles. The Balaban J connectivity index is 1.05. The number of hydrogen-bond acceptors (Lipinski definition) is 24. The van der Waals surface area contributed by atoms with Gasteiger partial charge in [0.2, 0.25) is 11.8 Å². The molecule has 1 aliphatic heterocycles. The molecule has 12 N–H and O–H groups in total. The van der Waals surface area contributed by atoms with Crippen LogP contribution in [-0.4, -0.2) is 115 Å². The standard InChI is InChI=1S/C59H52N14O12S6/c1-24(27(4)74)42-57-70-40(23-90-57)55-66-36(19-87-55)44-32(15-16-33(63-44)54-68-37(21-88-54)49(80)61-25(2)47(78)62-26(3)59(84)85)53-67-38(20-86-53)51(82)65-35(18-41(60)76)56-73-43(28(5)91-56)52(83)72-45(46(77)30-9-7-6-8-10-30)58-69-39(22-89-58)50(81)64-34(48(79)71-42)17-29-11-13-31(75)14-12-29/h6-16,19-24,27,34-35,42,45-46,74-75,77H,2-3,17-18H2,1,4-5H3,(H2,60,76)(H,61,80)(H,62,78)(H,64,81)(H,65,82)(H,71,79)(H,72,83)(H,84,85). The summed E-state index contributed by atoms with van der Waals surface area (Å²) in [7, 11) is 0. The molecule has 26 nitrogen and oxygen atoms in total. The van der Waals surface area contributed by atoms with Crippen molar-refractivity contribution in [3.63, 3.8) is 0 Å². The number of carboxylic acid groups (broad SMARTS) is 1. The Morgan fingerprint density at radius 1 is 0.615 bits per heavy atom. The van der Waals surface area contributed by atoms with Gasteiger partial charge in [0.25, 0.3) is 29.5 Å². The molecule has 1 aliphatic rings. The summed E-state index contributed by atoms with van der Waals surface area (Å²) >= 11 is 6.46. The van der Waals surface area contributed by atoms with Crippen molar-refractivity contribution in [1.29, 1.82) is 0 Å². The van der Waals surface area contributed by atoms with Crippen LogP contribution in [0.4, 0.5) is 0 Å². The normalized spacial score (nSPS) is 17.2. The second-order valence-corrected chi connectivity index (χ2v) is 26.0. The predicted molar refractivity (Wildman–Crippen MR) is 340 cm³/mol. The van der Waals surface area contributed by atoms with E-state index < -0.39 is 107 Å². The minimum atomic E-state index is -1.49. The molecule has 9 aromatic rings. The first-order valence-corrected chi connectivity index (χ1v) is 32.4. The summed E-state index contributed by atoms with van der Waals surface area (Å²) in [6.07, 6.45) is -2.95. The molecular formula is C59H52N14O12S6. The maximum Gasteiger partial charge on any atom is 0.351 e. The van der Waals surface area contributed by atoms with Gasteiger partial charge in [-0.2, -0.15) is 0 Å². The van der Waals surface area contributed by atoms with Crippen LogP contribution in [0.15, 0.2) is 118 Å². The van der Waals surface area contributed by atoms with E-state index in [0.717, 1.165) is 45.3 Å². The van der Waals surface area contributed by atoms with E-state index in [1.165, 1.54) is 50.9 Å². The Labute approximate surface area is 540 Å². The van der Waals surface area contributed by atoms with Crippen LogP contribution in [0.1, 0.15) is 117 Å². The number of carbonyl (C=O) groups is 8. The van der Waals surface area contributed by atoms with E-state index in [-0.39, 0.29) is 66.4 Å². The third-order valence-corrected chi connectivity index (χ3v) is 19.6.